The Hall–Kier alpha value is -2.71. The number of fused-ring (bicyclic) bond motifs is 1. The first-order valence-corrected chi connectivity index (χ1v) is 10.3. The van der Waals surface area contributed by atoms with Crippen molar-refractivity contribution in [2.24, 2.45) is 0 Å². The molecule has 8 heteroatoms. The van der Waals surface area contributed by atoms with Gasteiger partial charge in [-0.05, 0) is 56.3 Å². The molecule has 0 aliphatic carbocycles. The van der Waals surface area contributed by atoms with Gasteiger partial charge in [0.15, 0.2) is 0 Å². The first-order chi connectivity index (χ1) is 13.0. The van der Waals surface area contributed by atoms with Gasteiger partial charge in [-0.2, -0.15) is 0 Å². The maximum atomic E-state index is 13.0. The van der Waals surface area contributed by atoms with E-state index in [9.17, 15) is 13.2 Å². The van der Waals surface area contributed by atoms with Crippen LogP contribution in [0.15, 0.2) is 53.4 Å². The summed E-state index contributed by atoms with van der Waals surface area (Å²) in [5, 5.41) is 0. The van der Waals surface area contributed by atoms with Crippen LogP contribution >= 0.6 is 0 Å². The number of sulfonamides is 1. The first kappa shape index (κ1) is 17.7. The normalized spacial score (nSPS) is 17.5. The van der Waals surface area contributed by atoms with Gasteiger partial charge in [-0.15, -0.1) is 0 Å². The molecule has 140 valence electrons. The zero-order valence-electron chi connectivity index (χ0n) is 14.8. The summed E-state index contributed by atoms with van der Waals surface area (Å²) in [6.45, 7) is 0.650. The number of nitrogens with one attached hydrogen (secondary N) is 2. The van der Waals surface area contributed by atoms with Crippen molar-refractivity contribution in [1.29, 1.82) is 0 Å². The molecule has 27 heavy (non-hydrogen) atoms. The summed E-state index contributed by atoms with van der Waals surface area (Å²) in [4.78, 5) is 22.9. The van der Waals surface area contributed by atoms with Gasteiger partial charge < -0.3 is 9.88 Å². The number of aromatic amines is 1. The molecular formula is C19H20N4O3S. The Morgan fingerprint density at radius 1 is 1.19 bits per heavy atom. The Morgan fingerprint density at radius 3 is 2.63 bits per heavy atom. The number of carbonyl (C=O) groups is 1. The fraction of sp³-hybridized carbons (Fsp3) is 0.263. The van der Waals surface area contributed by atoms with Crippen LogP contribution in [0.3, 0.4) is 0 Å². The number of rotatable bonds is 4. The minimum absolute atomic E-state index is 0.106. The number of H-pyrrole nitrogens is 1. The highest BCUT2D eigenvalue weighted by atomic mass is 32.2. The third kappa shape index (κ3) is 3.22. The third-order valence-electron chi connectivity index (χ3n) is 4.92. The summed E-state index contributed by atoms with van der Waals surface area (Å²) in [7, 11) is -2.16. The molecule has 3 aromatic rings. The van der Waals surface area contributed by atoms with E-state index in [1.807, 2.05) is 24.3 Å². The Balaban J connectivity index is 1.60. The molecule has 1 aromatic heterocycles. The predicted molar refractivity (Wildman–Crippen MR) is 102 cm³/mol. The molecule has 0 saturated carbocycles. The van der Waals surface area contributed by atoms with E-state index < -0.39 is 10.0 Å². The number of benzene rings is 2. The van der Waals surface area contributed by atoms with Crippen LogP contribution in [-0.4, -0.2) is 42.8 Å². The Kier molecular flexibility index (Phi) is 4.45. The summed E-state index contributed by atoms with van der Waals surface area (Å²) in [5.74, 6) is 0.669. The fourth-order valence-electron chi connectivity index (χ4n) is 3.48. The molecule has 4 rings (SSSR count). The van der Waals surface area contributed by atoms with Gasteiger partial charge in [0.05, 0.1) is 22.0 Å². The molecule has 1 saturated heterocycles. The number of hydrogen-bond acceptors (Lipinski definition) is 4. The van der Waals surface area contributed by atoms with Crippen molar-refractivity contribution in [3.63, 3.8) is 0 Å². The third-order valence-corrected chi connectivity index (χ3v) is 6.35. The van der Waals surface area contributed by atoms with E-state index in [1.54, 1.807) is 17.0 Å². The smallest absolute Gasteiger partial charge is 0.254 e. The number of imidazole rings is 1. The van der Waals surface area contributed by atoms with E-state index in [1.165, 1.54) is 19.2 Å². The minimum atomic E-state index is -3.52. The number of likely N-dealkylation sites (tertiary alicyclic amines) is 1. The van der Waals surface area contributed by atoms with E-state index in [-0.39, 0.29) is 16.8 Å². The number of para-hydroxylation sites is 2. The quantitative estimate of drug-likeness (QED) is 0.722. The molecule has 1 aliphatic heterocycles. The van der Waals surface area contributed by atoms with E-state index in [0.29, 0.717) is 12.1 Å². The second kappa shape index (κ2) is 6.79. The average Bonchev–Trinajstić information content (AvgIpc) is 3.34. The Morgan fingerprint density at radius 2 is 1.93 bits per heavy atom. The lowest BCUT2D eigenvalue weighted by molar-refractivity contribution is 0.0730. The summed E-state index contributed by atoms with van der Waals surface area (Å²) in [6, 6.07) is 13.7. The molecule has 1 aliphatic rings. The molecule has 1 amide bonds. The van der Waals surface area contributed by atoms with E-state index in [4.69, 9.17) is 0 Å². The summed E-state index contributed by atoms with van der Waals surface area (Å²) in [5.41, 5.74) is 2.30. The van der Waals surface area contributed by atoms with Crippen LogP contribution in [0.2, 0.25) is 0 Å². The van der Waals surface area contributed by atoms with Gasteiger partial charge in [0, 0.05) is 12.1 Å². The van der Waals surface area contributed by atoms with Crippen LogP contribution < -0.4 is 4.72 Å². The van der Waals surface area contributed by atoms with Gasteiger partial charge in [0.2, 0.25) is 10.0 Å². The molecule has 2 N–H and O–H groups in total. The van der Waals surface area contributed by atoms with Gasteiger partial charge in [-0.1, -0.05) is 12.1 Å². The van der Waals surface area contributed by atoms with Crippen molar-refractivity contribution >= 4 is 27.0 Å². The summed E-state index contributed by atoms with van der Waals surface area (Å²) >= 11 is 0. The second-order valence-electron chi connectivity index (χ2n) is 6.53. The van der Waals surface area contributed by atoms with Crippen LogP contribution in [0.25, 0.3) is 11.0 Å². The van der Waals surface area contributed by atoms with E-state index in [0.717, 1.165) is 29.7 Å². The van der Waals surface area contributed by atoms with Gasteiger partial charge in [0.1, 0.15) is 5.82 Å². The van der Waals surface area contributed by atoms with Crippen LogP contribution in [-0.2, 0) is 10.0 Å². The highest BCUT2D eigenvalue weighted by Crippen LogP contribution is 2.32. The molecule has 2 aromatic carbocycles. The van der Waals surface area contributed by atoms with Crippen molar-refractivity contribution in [2.45, 2.75) is 23.8 Å². The Labute approximate surface area is 157 Å². The standard InChI is InChI=1S/C19H20N4O3S/c1-20-27(25,26)14-10-8-13(9-11-14)19(24)23-12-4-7-17(23)18-21-15-5-2-3-6-16(15)22-18/h2-3,5-6,8-11,17,20H,4,7,12H2,1H3,(H,21,22)/t17-/m0/s1. The highest BCUT2D eigenvalue weighted by molar-refractivity contribution is 7.89. The van der Waals surface area contributed by atoms with Gasteiger partial charge in [-0.25, -0.2) is 18.1 Å². The van der Waals surface area contributed by atoms with Crippen LogP contribution in [0.5, 0.6) is 0 Å². The topological polar surface area (TPSA) is 95.2 Å². The zero-order valence-corrected chi connectivity index (χ0v) is 15.7. The van der Waals surface area contributed by atoms with Crippen molar-refractivity contribution in [2.75, 3.05) is 13.6 Å². The molecule has 2 heterocycles. The number of nitrogens with zero attached hydrogens (tertiary/aromatic N) is 2. The van der Waals surface area contributed by atoms with Crippen LogP contribution in [0.4, 0.5) is 0 Å². The number of amides is 1. The maximum Gasteiger partial charge on any atom is 0.254 e. The van der Waals surface area contributed by atoms with E-state index >= 15 is 0 Å². The zero-order chi connectivity index (χ0) is 19.0. The summed E-state index contributed by atoms with van der Waals surface area (Å²) in [6.07, 6.45) is 1.75. The molecule has 0 unspecified atom stereocenters. The number of hydrogen-bond donors (Lipinski definition) is 2. The average molecular weight is 384 g/mol. The largest absolute Gasteiger partial charge is 0.340 e. The van der Waals surface area contributed by atoms with Gasteiger partial charge >= 0.3 is 0 Å². The molecule has 0 bridgehead atoms. The lowest BCUT2D eigenvalue weighted by Crippen LogP contribution is -2.31. The lowest BCUT2D eigenvalue weighted by atomic mass is 10.1. The molecule has 0 radical (unpaired) electrons. The Bertz CT molecular complexity index is 1060. The van der Waals surface area contributed by atoms with Crippen LogP contribution in [0, 0.1) is 0 Å². The van der Waals surface area contributed by atoms with Crippen molar-refractivity contribution < 1.29 is 13.2 Å². The molecule has 1 atom stereocenters. The fourth-order valence-corrected chi connectivity index (χ4v) is 4.21. The monoisotopic (exact) mass is 384 g/mol. The van der Waals surface area contributed by atoms with Crippen molar-refractivity contribution in [3.05, 3.63) is 59.9 Å². The van der Waals surface area contributed by atoms with Gasteiger partial charge in [-0.3, -0.25) is 4.79 Å². The van der Waals surface area contributed by atoms with Crippen molar-refractivity contribution in [3.8, 4) is 0 Å². The first-order valence-electron chi connectivity index (χ1n) is 8.79. The molecule has 7 nitrogen and oxygen atoms in total. The van der Waals surface area contributed by atoms with Crippen molar-refractivity contribution in [1.82, 2.24) is 19.6 Å². The molecule has 0 spiro atoms. The van der Waals surface area contributed by atoms with Crippen LogP contribution in [0.1, 0.15) is 35.1 Å². The maximum absolute atomic E-state index is 13.0. The van der Waals surface area contributed by atoms with Gasteiger partial charge in [0.25, 0.3) is 5.91 Å². The molecule has 1 fully saturated rings. The minimum Gasteiger partial charge on any atom is -0.340 e. The number of aromatic nitrogens is 2. The second-order valence-corrected chi connectivity index (χ2v) is 8.41. The summed E-state index contributed by atoms with van der Waals surface area (Å²) < 4.78 is 26.0. The highest BCUT2D eigenvalue weighted by Gasteiger charge is 2.32. The SMILES string of the molecule is CNS(=O)(=O)c1ccc(C(=O)N2CCC[C@H]2c2nc3ccccc3[nH]2)cc1. The predicted octanol–water partition coefficient (Wildman–Crippen LogP) is 2.45. The molecular weight excluding hydrogens is 364 g/mol. The van der Waals surface area contributed by atoms with E-state index in [2.05, 4.69) is 14.7 Å². The lowest BCUT2D eigenvalue weighted by Gasteiger charge is -2.23. The number of carbonyl (C=O) groups excluding carboxylic acids is 1.